The van der Waals surface area contributed by atoms with Gasteiger partial charge in [0.05, 0.1) is 11.3 Å². The molecule has 5 rings (SSSR count). The number of aromatic nitrogens is 4. The van der Waals surface area contributed by atoms with E-state index in [1.54, 1.807) is 0 Å². The molecule has 8 nitrogen and oxygen atoms in total. The third kappa shape index (κ3) is 4.94. The van der Waals surface area contributed by atoms with Gasteiger partial charge in [0.1, 0.15) is 17.7 Å². The van der Waals surface area contributed by atoms with E-state index in [2.05, 4.69) is 20.6 Å². The number of aliphatic hydroxyl groups is 1. The maximum atomic E-state index is 14.4. The van der Waals surface area contributed by atoms with Crippen LogP contribution in [0.2, 0.25) is 0 Å². The van der Waals surface area contributed by atoms with Crippen LogP contribution in [0.3, 0.4) is 0 Å². The first-order valence-corrected chi connectivity index (χ1v) is 11.6. The van der Waals surface area contributed by atoms with Gasteiger partial charge >= 0.3 is 6.18 Å². The van der Waals surface area contributed by atoms with Crippen LogP contribution in [0.1, 0.15) is 30.5 Å². The Kier molecular flexibility index (Phi) is 6.03. The quantitative estimate of drug-likeness (QED) is 0.348. The maximum Gasteiger partial charge on any atom is 0.408 e. The molecular weight excluding hydrogens is 492 g/mol. The standard InChI is InChI=1S/C25H24F4N6O2/c1-24(2,37)19-10-17(5-6-20(19)26)35-21-18(22(36)34(35)13-25(27,28)29)12-31-23(33-21)32-16-4-3-15-11-30-8-7-14(15)9-16/h3-6,9-10,12,30,37H,7-8,11,13H2,1-2H3,(H,31,32,33). The number of rotatable bonds is 5. The fraction of sp³-hybridized carbons (Fsp3) is 0.320. The number of alkyl halides is 3. The summed E-state index contributed by atoms with van der Waals surface area (Å²) >= 11 is 0. The Balaban J connectivity index is 1.66. The summed E-state index contributed by atoms with van der Waals surface area (Å²) in [7, 11) is 0. The number of nitrogens with zero attached hydrogens (tertiary/aromatic N) is 4. The van der Waals surface area contributed by atoms with Gasteiger partial charge in [0.25, 0.3) is 5.56 Å². The Morgan fingerprint density at radius 1 is 1.14 bits per heavy atom. The van der Waals surface area contributed by atoms with Gasteiger partial charge in [0.2, 0.25) is 5.95 Å². The summed E-state index contributed by atoms with van der Waals surface area (Å²) in [6.45, 7) is 2.72. The first kappa shape index (κ1) is 24.9. The lowest BCUT2D eigenvalue weighted by atomic mass is 9.97. The molecule has 3 heterocycles. The van der Waals surface area contributed by atoms with E-state index in [4.69, 9.17) is 0 Å². The Hall–Kier alpha value is -3.77. The summed E-state index contributed by atoms with van der Waals surface area (Å²) in [4.78, 5) is 21.5. The van der Waals surface area contributed by atoms with Crippen molar-refractivity contribution in [2.45, 2.75) is 45.1 Å². The molecule has 0 saturated heterocycles. The third-order valence-electron chi connectivity index (χ3n) is 6.21. The SMILES string of the molecule is CC(C)(O)c1cc(-n2c3nc(Nc4ccc5c(c4)CCNC5)ncc3c(=O)n2CC(F)(F)F)ccc1F. The number of hydrogen-bond acceptors (Lipinski definition) is 6. The number of anilines is 2. The van der Waals surface area contributed by atoms with Crippen molar-refractivity contribution < 1.29 is 22.7 Å². The molecule has 0 spiro atoms. The smallest absolute Gasteiger partial charge is 0.386 e. The minimum atomic E-state index is -4.72. The average molecular weight is 516 g/mol. The average Bonchev–Trinajstić information content (AvgIpc) is 3.08. The van der Waals surface area contributed by atoms with E-state index in [0.29, 0.717) is 10.4 Å². The molecule has 1 aliphatic heterocycles. The van der Waals surface area contributed by atoms with E-state index < -0.39 is 29.7 Å². The van der Waals surface area contributed by atoms with E-state index in [1.165, 1.54) is 37.7 Å². The molecule has 4 aromatic rings. The fourth-order valence-corrected chi connectivity index (χ4v) is 4.46. The molecule has 0 aliphatic carbocycles. The van der Waals surface area contributed by atoms with Crippen LogP contribution in [0.4, 0.5) is 29.2 Å². The van der Waals surface area contributed by atoms with E-state index in [0.717, 1.165) is 35.8 Å². The van der Waals surface area contributed by atoms with Crippen molar-refractivity contribution in [2.24, 2.45) is 0 Å². The van der Waals surface area contributed by atoms with Crippen molar-refractivity contribution in [1.29, 1.82) is 0 Å². The largest absolute Gasteiger partial charge is 0.408 e. The van der Waals surface area contributed by atoms with Gasteiger partial charge in [-0.15, -0.1) is 0 Å². The molecule has 2 aromatic heterocycles. The first-order valence-electron chi connectivity index (χ1n) is 11.6. The van der Waals surface area contributed by atoms with Crippen LogP contribution < -0.4 is 16.2 Å². The summed E-state index contributed by atoms with van der Waals surface area (Å²) in [5.74, 6) is -0.666. The Morgan fingerprint density at radius 2 is 1.92 bits per heavy atom. The Bertz CT molecular complexity index is 1550. The zero-order valence-corrected chi connectivity index (χ0v) is 20.0. The number of benzene rings is 2. The Morgan fingerprint density at radius 3 is 2.65 bits per heavy atom. The zero-order chi connectivity index (χ0) is 26.5. The summed E-state index contributed by atoms with van der Waals surface area (Å²) in [5.41, 5.74) is 0.233. The van der Waals surface area contributed by atoms with Crippen molar-refractivity contribution >= 4 is 22.7 Å². The second-order valence-corrected chi connectivity index (χ2v) is 9.48. The lowest BCUT2D eigenvalue weighted by Gasteiger charge is -2.21. The summed E-state index contributed by atoms with van der Waals surface area (Å²) in [6, 6.07) is 9.23. The molecule has 2 aromatic carbocycles. The van der Waals surface area contributed by atoms with Crippen LogP contribution in [0, 0.1) is 5.82 Å². The summed E-state index contributed by atoms with van der Waals surface area (Å²) in [5, 5.41) is 16.6. The molecule has 194 valence electrons. The molecule has 0 radical (unpaired) electrons. The highest BCUT2D eigenvalue weighted by molar-refractivity contribution is 5.77. The van der Waals surface area contributed by atoms with Gasteiger partial charge in [-0.05, 0) is 68.3 Å². The van der Waals surface area contributed by atoms with Gasteiger partial charge in [-0.3, -0.25) is 4.79 Å². The molecular formula is C25H24F4N6O2. The number of nitrogens with one attached hydrogen (secondary N) is 2. The van der Waals surface area contributed by atoms with Crippen LogP contribution in [-0.2, 0) is 25.1 Å². The minimum Gasteiger partial charge on any atom is -0.386 e. The maximum absolute atomic E-state index is 14.4. The molecule has 3 N–H and O–H groups in total. The van der Waals surface area contributed by atoms with E-state index in [-0.39, 0.29) is 28.2 Å². The van der Waals surface area contributed by atoms with Crippen LogP contribution >= 0.6 is 0 Å². The molecule has 0 bridgehead atoms. The first-order chi connectivity index (χ1) is 17.4. The van der Waals surface area contributed by atoms with Gasteiger partial charge in [0.15, 0.2) is 5.65 Å². The highest BCUT2D eigenvalue weighted by Gasteiger charge is 2.32. The highest BCUT2D eigenvalue weighted by atomic mass is 19.4. The highest BCUT2D eigenvalue weighted by Crippen LogP contribution is 2.28. The van der Waals surface area contributed by atoms with Crippen molar-refractivity contribution in [3.8, 4) is 5.69 Å². The summed E-state index contributed by atoms with van der Waals surface area (Å²) < 4.78 is 56.3. The van der Waals surface area contributed by atoms with Gasteiger partial charge in [-0.1, -0.05) is 6.07 Å². The molecule has 12 heteroatoms. The van der Waals surface area contributed by atoms with Gasteiger partial charge < -0.3 is 15.7 Å². The number of hydrogen-bond donors (Lipinski definition) is 3. The summed E-state index contributed by atoms with van der Waals surface area (Å²) in [6.07, 6.45) is -2.71. The van der Waals surface area contributed by atoms with Crippen molar-refractivity contribution in [3.63, 3.8) is 0 Å². The van der Waals surface area contributed by atoms with E-state index in [1.807, 2.05) is 18.2 Å². The van der Waals surface area contributed by atoms with E-state index >= 15 is 0 Å². The van der Waals surface area contributed by atoms with E-state index in [9.17, 15) is 27.5 Å². The molecule has 0 fully saturated rings. The number of halogens is 4. The van der Waals surface area contributed by atoms with Crippen molar-refractivity contribution in [1.82, 2.24) is 24.6 Å². The molecule has 0 unspecified atom stereocenters. The lowest BCUT2D eigenvalue weighted by molar-refractivity contribution is -0.144. The topological polar surface area (TPSA) is 97.0 Å². The molecule has 0 atom stereocenters. The van der Waals surface area contributed by atoms with Crippen LogP contribution in [0.25, 0.3) is 16.7 Å². The fourth-order valence-electron chi connectivity index (χ4n) is 4.46. The predicted octanol–water partition coefficient (Wildman–Crippen LogP) is 3.90. The van der Waals surface area contributed by atoms with Gasteiger partial charge in [-0.25, -0.2) is 18.7 Å². The number of fused-ring (bicyclic) bond motifs is 2. The predicted molar refractivity (Wildman–Crippen MR) is 130 cm³/mol. The molecule has 1 aliphatic rings. The van der Waals surface area contributed by atoms with Crippen LogP contribution in [0.15, 0.2) is 47.4 Å². The second-order valence-electron chi connectivity index (χ2n) is 9.48. The third-order valence-corrected chi connectivity index (χ3v) is 6.21. The zero-order valence-electron chi connectivity index (χ0n) is 20.0. The molecule has 37 heavy (non-hydrogen) atoms. The molecule has 0 amide bonds. The van der Waals surface area contributed by atoms with Crippen molar-refractivity contribution in [3.05, 3.63) is 75.5 Å². The van der Waals surface area contributed by atoms with Crippen LogP contribution in [-0.4, -0.2) is 37.2 Å². The van der Waals surface area contributed by atoms with Gasteiger partial charge in [-0.2, -0.15) is 18.2 Å². The lowest BCUT2D eigenvalue weighted by Crippen LogP contribution is -2.30. The molecule has 0 saturated carbocycles. The normalized spacial score (nSPS) is 14.1. The minimum absolute atomic E-state index is 0.0285. The Labute approximate surface area is 208 Å². The second kappa shape index (κ2) is 8.96. The van der Waals surface area contributed by atoms with Crippen LogP contribution in [0.5, 0.6) is 0 Å². The van der Waals surface area contributed by atoms with Gasteiger partial charge in [0, 0.05) is 24.0 Å². The monoisotopic (exact) mass is 516 g/mol. The van der Waals surface area contributed by atoms with Crippen molar-refractivity contribution in [2.75, 3.05) is 11.9 Å².